The van der Waals surface area contributed by atoms with Gasteiger partial charge in [-0.15, -0.1) is 0 Å². The van der Waals surface area contributed by atoms with Crippen molar-refractivity contribution in [2.24, 2.45) is 0 Å². The van der Waals surface area contributed by atoms with Gasteiger partial charge in [0, 0.05) is 6.07 Å². The number of H-pyrrole nitrogens is 1. The van der Waals surface area contributed by atoms with Crippen molar-refractivity contribution in [2.75, 3.05) is 18.2 Å². The van der Waals surface area contributed by atoms with Gasteiger partial charge in [0.15, 0.2) is 0 Å². The molecule has 2 heterocycles. The van der Waals surface area contributed by atoms with Crippen molar-refractivity contribution >= 4 is 11.8 Å². The van der Waals surface area contributed by atoms with E-state index in [0.29, 0.717) is 24.1 Å². The summed E-state index contributed by atoms with van der Waals surface area (Å²) in [5, 5.41) is 9.47. The molecule has 8 nitrogen and oxygen atoms in total. The molecule has 4 N–H and O–H groups in total. The van der Waals surface area contributed by atoms with Crippen LogP contribution in [0.25, 0.3) is 0 Å². The average molecular weight is 221 g/mol. The monoisotopic (exact) mass is 221 g/mol. The smallest absolute Gasteiger partial charge is 0.225 e. The predicted octanol–water partition coefficient (Wildman–Crippen LogP) is -0.202. The van der Waals surface area contributed by atoms with Gasteiger partial charge >= 0.3 is 0 Å². The Balaban J connectivity index is 2.06. The fourth-order valence-electron chi connectivity index (χ4n) is 1.13. The van der Waals surface area contributed by atoms with Crippen LogP contribution < -0.4 is 15.8 Å². The van der Waals surface area contributed by atoms with Gasteiger partial charge in [0.1, 0.15) is 18.0 Å². The number of nitrogens with two attached hydrogens (primary N) is 1. The summed E-state index contributed by atoms with van der Waals surface area (Å²) in [6.07, 6.45) is 1.44. The van der Waals surface area contributed by atoms with Gasteiger partial charge in [-0.05, 0) is 0 Å². The van der Waals surface area contributed by atoms with E-state index in [0.717, 1.165) is 0 Å². The molecule has 2 rings (SSSR count). The lowest BCUT2D eigenvalue weighted by atomic mass is 10.5. The zero-order valence-corrected chi connectivity index (χ0v) is 8.64. The van der Waals surface area contributed by atoms with Gasteiger partial charge in [-0.25, -0.2) is 4.98 Å². The molecule has 0 bridgehead atoms. The molecular weight excluding hydrogens is 210 g/mol. The number of hydrogen-bond donors (Lipinski definition) is 3. The highest BCUT2D eigenvalue weighted by atomic mass is 16.5. The third kappa shape index (κ3) is 2.35. The molecule has 0 saturated heterocycles. The Morgan fingerprint density at radius 2 is 2.38 bits per heavy atom. The lowest BCUT2D eigenvalue weighted by Crippen LogP contribution is -2.06. The van der Waals surface area contributed by atoms with E-state index in [1.54, 1.807) is 6.07 Å². The van der Waals surface area contributed by atoms with Crippen LogP contribution in [0.3, 0.4) is 0 Å². The van der Waals surface area contributed by atoms with E-state index in [9.17, 15) is 0 Å². The molecule has 0 saturated carbocycles. The maximum absolute atomic E-state index is 5.51. The molecule has 0 aliphatic rings. The maximum atomic E-state index is 5.51. The number of nitrogens with one attached hydrogen (secondary N) is 2. The van der Waals surface area contributed by atoms with Crippen LogP contribution in [0, 0.1) is 0 Å². The highest BCUT2D eigenvalue weighted by Gasteiger charge is 2.02. The van der Waals surface area contributed by atoms with Gasteiger partial charge < -0.3 is 15.8 Å². The van der Waals surface area contributed by atoms with Gasteiger partial charge in [-0.3, -0.25) is 5.10 Å². The Morgan fingerprint density at radius 3 is 3.06 bits per heavy atom. The molecule has 0 unspecified atom stereocenters. The van der Waals surface area contributed by atoms with Crippen molar-refractivity contribution in [3.8, 4) is 5.88 Å². The highest BCUT2D eigenvalue weighted by molar-refractivity contribution is 5.42. The Bertz CT molecular complexity index is 455. The number of aromatic amines is 1. The number of methoxy groups -OCH3 is 1. The Kier molecular flexibility index (Phi) is 2.81. The third-order valence-corrected chi connectivity index (χ3v) is 1.83. The van der Waals surface area contributed by atoms with E-state index in [-0.39, 0.29) is 5.95 Å². The Labute approximate surface area is 91.3 Å². The summed E-state index contributed by atoms with van der Waals surface area (Å²) in [6, 6.07) is 1.65. The van der Waals surface area contributed by atoms with E-state index in [1.807, 2.05) is 0 Å². The first-order chi connectivity index (χ1) is 7.78. The van der Waals surface area contributed by atoms with E-state index in [2.05, 4.69) is 30.5 Å². The minimum atomic E-state index is 0.152. The van der Waals surface area contributed by atoms with Crippen molar-refractivity contribution in [1.82, 2.24) is 25.1 Å². The zero-order valence-electron chi connectivity index (χ0n) is 8.64. The lowest BCUT2D eigenvalue weighted by Gasteiger charge is -2.05. The fourth-order valence-corrected chi connectivity index (χ4v) is 1.13. The van der Waals surface area contributed by atoms with E-state index >= 15 is 0 Å². The summed E-state index contributed by atoms with van der Waals surface area (Å²) in [7, 11) is 1.52. The molecule has 16 heavy (non-hydrogen) atoms. The molecule has 0 spiro atoms. The first-order valence-electron chi connectivity index (χ1n) is 4.54. The third-order valence-electron chi connectivity index (χ3n) is 1.83. The normalized spacial score (nSPS) is 10.1. The summed E-state index contributed by atoms with van der Waals surface area (Å²) in [5.41, 5.74) is 5.51. The van der Waals surface area contributed by atoms with Crippen LogP contribution in [0.4, 0.5) is 11.8 Å². The molecule has 0 radical (unpaired) electrons. The number of nitrogens with zero attached hydrogens (tertiary/aromatic N) is 4. The molecule has 0 aliphatic carbocycles. The van der Waals surface area contributed by atoms with Crippen LogP contribution in [0.15, 0.2) is 12.4 Å². The number of hydrogen-bond acceptors (Lipinski definition) is 7. The molecule has 8 heteroatoms. The number of anilines is 2. The summed E-state index contributed by atoms with van der Waals surface area (Å²) in [5.74, 6) is 1.84. The van der Waals surface area contributed by atoms with Crippen molar-refractivity contribution in [3.63, 3.8) is 0 Å². The maximum Gasteiger partial charge on any atom is 0.225 e. The second-order valence-corrected chi connectivity index (χ2v) is 2.94. The topological polar surface area (TPSA) is 115 Å². The lowest BCUT2D eigenvalue weighted by molar-refractivity contribution is 0.398. The number of rotatable bonds is 4. The van der Waals surface area contributed by atoms with Gasteiger partial charge in [0.2, 0.25) is 11.8 Å². The van der Waals surface area contributed by atoms with Gasteiger partial charge in [0.25, 0.3) is 0 Å². The second-order valence-electron chi connectivity index (χ2n) is 2.94. The summed E-state index contributed by atoms with van der Waals surface area (Å²) in [4.78, 5) is 11.8. The highest BCUT2D eigenvalue weighted by Crippen LogP contribution is 2.14. The molecule has 0 aromatic carbocycles. The van der Waals surface area contributed by atoms with Crippen molar-refractivity contribution in [1.29, 1.82) is 0 Å². The van der Waals surface area contributed by atoms with E-state index in [1.165, 1.54) is 13.4 Å². The van der Waals surface area contributed by atoms with Gasteiger partial charge in [0.05, 0.1) is 13.7 Å². The van der Waals surface area contributed by atoms with Gasteiger partial charge in [-0.2, -0.15) is 15.1 Å². The summed E-state index contributed by atoms with van der Waals surface area (Å²) in [6.45, 7) is 0.472. The number of aromatic nitrogens is 5. The van der Waals surface area contributed by atoms with Crippen molar-refractivity contribution < 1.29 is 4.74 Å². The average Bonchev–Trinajstić information content (AvgIpc) is 2.78. The Hall–Kier alpha value is -2.38. The van der Waals surface area contributed by atoms with Crippen LogP contribution in [-0.2, 0) is 6.54 Å². The molecule has 0 aliphatic heterocycles. The molecular formula is C8H11N7O. The molecule has 0 amide bonds. The predicted molar refractivity (Wildman–Crippen MR) is 56.7 cm³/mol. The molecule has 2 aromatic heterocycles. The van der Waals surface area contributed by atoms with Crippen LogP contribution in [0.5, 0.6) is 5.88 Å². The standard InChI is InChI=1S/C8H11N7O/c1-16-7-2-5(13-8(9)14-7)10-3-6-11-4-12-15-6/h2,4H,3H2,1H3,(H,11,12,15)(H3,9,10,13,14). The number of nitrogen functional groups attached to an aromatic ring is 1. The minimum Gasteiger partial charge on any atom is -0.481 e. The van der Waals surface area contributed by atoms with Crippen LogP contribution in [0.1, 0.15) is 5.82 Å². The van der Waals surface area contributed by atoms with Gasteiger partial charge in [-0.1, -0.05) is 0 Å². The summed E-state index contributed by atoms with van der Waals surface area (Å²) < 4.78 is 4.97. The second kappa shape index (κ2) is 4.43. The van der Waals surface area contributed by atoms with Crippen molar-refractivity contribution in [2.45, 2.75) is 6.54 Å². The molecule has 2 aromatic rings. The first-order valence-corrected chi connectivity index (χ1v) is 4.54. The zero-order chi connectivity index (χ0) is 11.4. The Morgan fingerprint density at radius 1 is 1.50 bits per heavy atom. The SMILES string of the molecule is COc1cc(NCc2ncn[nH]2)nc(N)n1. The number of ether oxygens (including phenoxy) is 1. The molecule has 84 valence electrons. The molecule has 0 atom stereocenters. The fraction of sp³-hybridized carbons (Fsp3) is 0.250. The minimum absolute atomic E-state index is 0.152. The summed E-state index contributed by atoms with van der Waals surface area (Å²) >= 11 is 0. The van der Waals surface area contributed by atoms with Crippen LogP contribution in [0.2, 0.25) is 0 Å². The molecule has 0 fully saturated rings. The van der Waals surface area contributed by atoms with Crippen LogP contribution >= 0.6 is 0 Å². The largest absolute Gasteiger partial charge is 0.481 e. The quantitative estimate of drug-likeness (QED) is 0.654. The van der Waals surface area contributed by atoms with E-state index < -0.39 is 0 Å². The van der Waals surface area contributed by atoms with E-state index in [4.69, 9.17) is 10.5 Å². The first kappa shape index (κ1) is 10.1. The van der Waals surface area contributed by atoms with Crippen molar-refractivity contribution in [3.05, 3.63) is 18.2 Å². The van der Waals surface area contributed by atoms with Crippen LogP contribution in [-0.4, -0.2) is 32.3 Å².